The van der Waals surface area contributed by atoms with Crippen molar-refractivity contribution in [1.82, 2.24) is 9.97 Å². The topological polar surface area (TPSA) is 90.9 Å². The fourth-order valence-corrected chi connectivity index (χ4v) is 3.22. The number of rotatable bonds is 6. The number of unbranched alkanes of at least 4 members (excludes halogenated alkanes) is 1. The van der Waals surface area contributed by atoms with E-state index in [0.29, 0.717) is 11.6 Å². The van der Waals surface area contributed by atoms with Crippen LogP contribution < -0.4 is 16.0 Å². The quantitative estimate of drug-likeness (QED) is 0.811. The van der Waals surface area contributed by atoms with Crippen LogP contribution in [0.15, 0.2) is 24.3 Å². The van der Waals surface area contributed by atoms with Crippen LogP contribution in [0, 0.1) is 17.1 Å². The highest BCUT2D eigenvalue weighted by molar-refractivity contribution is 5.58. The fourth-order valence-electron chi connectivity index (χ4n) is 3.22. The summed E-state index contributed by atoms with van der Waals surface area (Å²) in [7, 11) is 0. The van der Waals surface area contributed by atoms with Crippen LogP contribution in [0.2, 0.25) is 0 Å². The summed E-state index contributed by atoms with van der Waals surface area (Å²) in [5, 5.41) is 12.1. The van der Waals surface area contributed by atoms with Crippen molar-refractivity contribution < 1.29 is 4.39 Å². The van der Waals surface area contributed by atoms with E-state index < -0.39 is 5.82 Å². The molecule has 1 aromatic carbocycles. The molecule has 1 unspecified atom stereocenters. The van der Waals surface area contributed by atoms with E-state index in [2.05, 4.69) is 27.1 Å². The third kappa shape index (κ3) is 4.92. The first-order valence-corrected chi connectivity index (χ1v) is 9.44. The Morgan fingerprint density at radius 1 is 1.37 bits per heavy atom. The maximum Gasteiger partial charge on any atom is 0.229 e. The van der Waals surface area contributed by atoms with Gasteiger partial charge in [-0.3, -0.25) is 0 Å². The minimum Gasteiger partial charge on any atom is -0.355 e. The molecule has 3 rings (SSSR count). The molecule has 2 heterocycles. The van der Waals surface area contributed by atoms with Crippen LogP contribution in [-0.4, -0.2) is 29.1 Å². The Hall–Kier alpha value is -2.72. The van der Waals surface area contributed by atoms with Gasteiger partial charge < -0.3 is 16.0 Å². The van der Waals surface area contributed by atoms with Crippen molar-refractivity contribution in [2.24, 2.45) is 5.73 Å². The van der Waals surface area contributed by atoms with Crippen LogP contribution in [0.3, 0.4) is 0 Å². The summed E-state index contributed by atoms with van der Waals surface area (Å²) in [6, 6.07) is 8.35. The van der Waals surface area contributed by atoms with E-state index in [0.717, 1.165) is 56.7 Å². The predicted octanol–water partition coefficient (Wildman–Crippen LogP) is 3.50. The number of nitrogens with zero attached hydrogens (tertiary/aromatic N) is 4. The lowest BCUT2D eigenvalue weighted by Gasteiger charge is -2.32. The second kappa shape index (κ2) is 8.78. The molecule has 1 aliphatic rings. The molecule has 0 radical (unpaired) electrons. The second-order valence-electron chi connectivity index (χ2n) is 6.92. The van der Waals surface area contributed by atoms with Gasteiger partial charge in [0.1, 0.15) is 17.7 Å². The molecule has 6 nitrogen and oxygen atoms in total. The number of halogens is 1. The first-order chi connectivity index (χ1) is 13.1. The number of anilines is 3. The highest BCUT2D eigenvalue weighted by atomic mass is 19.1. The van der Waals surface area contributed by atoms with Gasteiger partial charge in [0.2, 0.25) is 5.95 Å². The average molecular weight is 368 g/mol. The lowest BCUT2D eigenvalue weighted by atomic mass is 10.1. The van der Waals surface area contributed by atoms with Gasteiger partial charge in [0.05, 0.1) is 5.56 Å². The van der Waals surface area contributed by atoms with Crippen molar-refractivity contribution in [3.05, 3.63) is 41.3 Å². The first-order valence-electron chi connectivity index (χ1n) is 9.44. The van der Waals surface area contributed by atoms with Crippen molar-refractivity contribution in [3.63, 3.8) is 0 Å². The minimum absolute atomic E-state index is 0.00985. The van der Waals surface area contributed by atoms with E-state index in [4.69, 9.17) is 11.0 Å². The summed E-state index contributed by atoms with van der Waals surface area (Å²) in [4.78, 5) is 11.4. The number of aromatic nitrogens is 2. The highest BCUT2D eigenvalue weighted by Crippen LogP contribution is 2.23. The molecule has 27 heavy (non-hydrogen) atoms. The van der Waals surface area contributed by atoms with Crippen molar-refractivity contribution >= 4 is 17.5 Å². The number of nitrogens with one attached hydrogen (secondary N) is 1. The van der Waals surface area contributed by atoms with Gasteiger partial charge >= 0.3 is 0 Å². The normalized spacial score (nSPS) is 16.8. The van der Waals surface area contributed by atoms with Crippen LogP contribution >= 0.6 is 0 Å². The predicted molar refractivity (Wildman–Crippen MR) is 104 cm³/mol. The molecule has 3 N–H and O–H groups in total. The third-order valence-corrected chi connectivity index (χ3v) is 4.68. The van der Waals surface area contributed by atoms with Crippen LogP contribution in [0.4, 0.5) is 21.8 Å². The van der Waals surface area contributed by atoms with E-state index in [9.17, 15) is 4.39 Å². The number of nitrogens with two attached hydrogens (primary N) is 1. The number of nitriles is 1. The maximum absolute atomic E-state index is 13.6. The molecular formula is C20H25FN6. The van der Waals surface area contributed by atoms with Crippen molar-refractivity contribution in [2.45, 2.75) is 45.1 Å². The molecule has 0 spiro atoms. The van der Waals surface area contributed by atoms with Gasteiger partial charge in [0.15, 0.2) is 0 Å². The molecular weight excluding hydrogens is 343 g/mol. The van der Waals surface area contributed by atoms with Gasteiger partial charge in [0.25, 0.3) is 0 Å². The molecule has 1 saturated heterocycles. The minimum atomic E-state index is -0.538. The monoisotopic (exact) mass is 368 g/mol. The molecule has 142 valence electrons. The molecule has 0 aliphatic carbocycles. The maximum atomic E-state index is 13.6. The molecule has 0 amide bonds. The molecule has 1 atom stereocenters. The van der Waals surface area contributed by atoms with E-state index in [1.165, 1.54) is 12.1 Å². The highest BCUT2D eigenvalue weighted by Gasteiger charge is 2.19. The molecule has 1 fully saturated rings. The summed E-state index contributed by atoms with van der Waals surface area (Å²) >= 11 is 0. The zero-order valence-electron chi connectivity index (χ0n) is 15.6. The Kier molecular flexibility index (Phi) is 6.20. The summed E-state index contributed by atoms with van der Waals surface area (Å²) in [5.41, 5.74) is 7.66. The number of piperidine rings is 1. The van der Waals surface area contributed by atoms with Gasteiger partial charge in [-0.2, -0.15) is 10.2 Å². The molecule has 0 saturated carbocycles. The number of aryl methyl sites for hydroxylation is 1. The standard InChI is InChI=1S/C20H25FN6/c1-2-3-6-16-11-19(27-9-4-5-15(23)13-27)26-20(24-16)25-17-7-8-18(21)14(10-17)12-22/h7-8,10-11,15H,2-6,9,13,23H2,1H3,(H,24,25,26). The third-order valence-electron chi connectivity index (χ3n) is 4.68. The second-order valence-corrected chi connectivity index (χ2v) is 6.92. The lowest BCUT2D eigenvalue weighted by Crippen LogP contribution is -2.43. The number of benzene rings is 1. The van der Waals surface area contributed by atoms with Crippen molar-refractivity contribution in [2.75, 3.05) is 23.3 Å². The van der Waals surface area contributed by atoms with Crippen LogP contribution in [0.5, 0.6) is 0 Å². The molecule has 7 heteroatoms. The SMILES string of the molecule is CCCCc1cc(N2CCCC(N)C2)nc(Nc2ccc(F)c(C#N)c2)n1. The molecule has 1 aromatic heterocycles. The molecule has 2 aromatic rings. The fraction of sp³-hybridized carbons (Fsp3) is 0.450. The van der Waals surface area contributed by atoms with E-state index in [1.54, 1.807) is 6.07 Å². The van der Waals surface area contributed by atoms with Crippen molar-refractivity contribution in [1.29, 1.82) is 5.26 Å². The number of hydrogen-bond acceptors (Lipinski definition) is 6. The van der Waals surface area contributed by atoms with E-state index in [1.807, 2.05) is 12.1 Å². The summed E-state index contributed by atoms with van der Waals surface area (Å²) in [5.74, 6) is 0.772. The molecule has 1 aliphatic heterocycles. The Labute approximate surface area is 159 Å². The van der Waals surface area contributed by atoms with Gasteiger partial charge in [-0.15, -0.1) is 0 Å². The summed E-state index contributed by atoms with van der Waals surface area (Å²) in [6.45, 7) is 3.85. The Morgan fingerprint density at radius 3 is 2.96 bits per heavy atom. The van der Waals surface area contributed by atoms with Crippen LogP contribution in [0.1, 0.15) is 43.9 Å². The van der Waals surface area contributed by atoms with Crippen LogP contribution in [-0.2, 0) is 6.42 Å². The Morgan fingerprint density at radius 2 is 2.22 bits per heavy atom. The van der Waals surface area contributed by atoms with E-state index in [-0.39, 0.29) is 11.6 Å². The van der Waals surface area contributed by atoms with Gasteiger partial charge in [0, 0.05) is 36.6 Å². The Balaban J connectivity index is 1.89. The lowest BCUT2D eigenvalue weighted by molar-refractivity contribution is 0.503. The first kappa shape index (κ1) is 19.1. The summed E-state index contributed by atoms with van der Waals surface area (Å²) < 4.78 is 13.6. The smallest absolute Gasteiger partial charge is 0.229 e. The summed E-state index contributed by atoms with van der Waals surface area (Å²) in [6.07, 6.45) is 5.07. The molecule has 0 bridgehead atoms. The average Bonchev–Trinajstić information content (AvgIpc) is 2.67. The van der Waals surface area contributed by atoms with E-state index >= 15 is 0 Å². The zero-order chi connectivity index (χ0) is 19.2. The van der Waals surface area contributed by atoms with Gasteiger partial charge in [-0.05, 0) is 43.9 Å². The number of hydrogen-bond donors (Lipinski definition) is 2. The van der Waals surface area contributed by atoms with Gasteiger partial charge in [-0.25, -0.2) is 9.37 Å². The van der Waals surface area contributed by atoms with Gasteiger partial charge in [-0.1, -0.05) is 13.3 Å². The Bertz CT molecular complexity index is 832. The van der Waals surface area contributed by atoms with Crippen molar-refractivity contribution in [3.8, 4) is 6.07 Å². The van der Waals surface area contributed by atoms with Crippen LogP contribution in [0.25, 0.3) is 0 Å². The zero-order valence-corrected chi connectivity index (χ0v) is 15.6. The largest absolute Gasteiger partial charge is 0.355 e.